The molecule has 7 rings (SSSR count). The van der Waals surface area contributed by atoms with Gasteiger partial charge < -0.3 is 39.1 Å². The Bertz CT molecular complexity index is 1980. The first-order valence-electron chi connectivity index (χ1n) is 18.1. The molecule has 2 fully saturated rings. The number of benzene rings is 5. The summed E-state index contributed by atoms with van der Waals surface area (Å²) in [5.41, 5.74) is 2.74. The van der Waals surface area contributed by atoms with Crippen LogP contribution in [-0.4, -0.2) is 54.8 Å². The first-order chi connectivity index (χ1) is 26.3. The first-order valence-corrected chi connectivity index (χ1v) is 18.1. The highest BCUT2D eigenvalue weighted by atomic mass is 16.8. The molecule has 0 bridgehead atoms. The van der Waals surface area contributed by atoms with Crippen LogP contribution in [0.4, 0.5) is 0 Å². The van der Waals surface area contributed by atoms with Crippen molar-refractivity contribution in [3.05, 3.63) is 167 Å². The lowest BCUT2D eigenvalue weighted by Crippen LogP contribution is -2.56. The third kappa shape index (κ3) is 8.98. The van der Waals surface area contributed by atoms with Crippen molar-refractivity contribution in [3.8, 4) is 11.5 Å². The van der Waals surface area contributed by atoms with Crippen LogP contribution in [0.3, 0.4) is 0 Å². The molecule has 2 amide bonds. The van der Waals surface area contributed by atoms with Crippen LogP contribution in [0.2, 0.25) is 0 Å². The van der Waals surface area contributed by atoms with E-state index in [9.17, 15) is 9.59 Å². The fourth-order valence-electron chi connectivity index (χ4n) is 6.67. The molecule has 54 heavy (non-hydrogen) atoms. The van der Waals surface area contributed by atoms with Gasteiger partial charge in [-0.3, -0.25) is 9.59 Å². The number of hydrogen-bond donors (Lipinski definition) is 2. The van der Waals surface area contributed by atoms with Crippen LogP contribution in [-0.2, 0) is 38.8 Å². The smallest absolute Gasteiger partial charge is 0.251 e. The number of carbonyl (C=O) groups is 2. The van der Waals surface area contributed by atoms with E-state index in [1.54, 1.807) is 48.5 Å². The Kier molecular flexibility index (Phi) is 11.4. The molecule has 0 unspecified atom stereocenters. The molecule has 0 aromatic heterocycles. The Balaban J connectivity index is 1.02. The quantitative estimate of drug-likeness (QED) is 0.121. The molecule has 10 heteroatoms. The summed E-state index contributed by atoms with van der Waals surface area (Å²) in [6.45, 7) is 4.85. The molecule has 5 aromatic rings. The molecule has 2 saturated heterocycles. The van der Waals surface area contributed by atoms with Gasteiger partial charge in [0, 0.05) is 17.7 Å². The predicted molar refractivity (Wildman–Crippen MR) is 202 cm³/mol. The maximum absolute atomic E-state index is 13.5. The molecule has 0 radical (unpaired) electrons. The van der Waals surface area contributed by atoms with E-state index in [1.807, 2.05) is 105 Å². The molecule has 0 aliphatic carbocycles. The van der Waals surface area contributed by atoms with Crippen LogP contribution >= 0.6 is 0 Å². The topological polar surface area (TPSA) is 114 Å². The van der Waals surface area contributed by atoms with Gasteiger partial charge in [0.1, 0.15) is 36.9 Å². The highest BCUT2D eigenvalue weighted by molar-refractivity contribution is 5.94. The Morgan fingerprint density at radius 3 is 1.57 bits per heavy atom. The van der Waals surface area contributed by atoms with E-state index in [1.165, 1.54) is 0 Å². The number of amides is 2. The summed E-state index contributed by atoms with van der Waals surface area (Å²) >= 11 is 0. The zero-order chi connectivity index (χ0) is 37.4. The summed E-state index contributed by atoms with van der Waals surface area (Å²) < 4.78 is 37.7. The molecule has 2 aliphatic rings. The third-order valence-electron chi connectivity index (χ3n) is 9.33. The average molecular weight is 729 g/mol. The second-order valence-corrected chi connectivity index (χ2v) is 13.8. The van der Waals surface area contributed by atoms with Gasteiger partial charge >= 0.3 is 0 Å². The van der Waals surface area contributed by atoms with E-state index in [4.69, 9.17) is 28.4 Å². The number of hydrogen-bond acceptors (Lipinski definition) is 8. The maximum Gasteiger partial charge on any atom is 0.251 e. The highest BCUT2D eigenvalue weighted by Crippen LogP contribution is 2.47. The van der Waals surface area contributed by atoms with E-state index in [2.05, 4.69) is 10.6 Å². The van der Waals surface area contributed by atoms with Crippen molar-refractivity contribution in [2.75, 3.05) is 13.1 Å². The van der Waals surface area contributed by atoms with Crippen molar-refractivity contribution in [3.63, 3.8) is 0 Å². The van der Waals surface area contributed by atoms with Crippen LogP contribution < -0.4 is 20.1 Å². The fraction of sp³-hybridized carbons (Fsp3) is 0.273. The summed E-state index contributed by atoms with van der Waals surface area (Å²) in [5.74, 6) is -0.302. The van der Waals surface area contributed by atoms with Gasteiger partial charge in [0.15, 0.2) is 17.7 Å². The van der Waals surface area contributed by atoms with Crippen molar-refractivity contribution < 1.29 is 38.0 Å². The lowest BCUT2D eigenvalue weighted by molar-refractivity contribution is -0.260. The van der Waals surface area contributed by atoms with Crippen molar-refractivity contribution in [2.45, 2.75) is 63.6 Å². The average Bonchev–Trinajstić information content (AvgIpc) is 3.64. The molecule has 5 aromatic carbocycles. The monoisotopic (exact) mass is 728 g/mol. The molecule has 4 atom stereocenters. The summed E-state index contributed by atoms with van der Waals surface area (Å²) in [7, 11) is 0. The van der Waals surface area contributed by atoms with E-state index >= 15 is 0 Å². The largest absolute Gasteiger partial charge is 0.489 e. The minimum absolute atomic E-state index is 0.0283. The Labute approximate surface area is 315 Å². The molecule has 2 aliphatic heterocycles. The second-order valence-electron chi connectivity index (χ2n) is 13.8. The SMILES string of the molecule is CC1(C)O[C@@H]2[C@@H](CNC(=O)c3ccc(OCc4ccccc4)cc3)O[C@@H](OCc3ccccc3)[C@]2(CNC(=O)c2ccc(OCc3ccccc3)cc2)O1. The summed E-state index contributed by atoms with van der Waals surface area (Å²) in [5, 5.41) is 6.03. The zero-order valence-electron chi connectivity index (χ0n) is 30.3. The number of rotatable bonds is 15. The standard InChI is InChI=1S/C44H44N2O8/c1-43(2)53-39-38(26-45-40(47)34-18-22-36(23-19-34)49-27-31-12-6-3-7-13-31)52-42(51-29-33-16-10-5-11-17-33)44(39,54-43)30-46-41(48)35-20-24-37(25-21-35)50-28-32-14-8-4-9-15-32/h3-25,38-39,42H,26-30H2,1-2H3,(H,45,47)(H,46,48)/t38-,39-,42-,44-/m1/s1. The van der Waals surface area contributed by atoms with Gasteiger partial charge in [-0.1, -0.05) is 91.0 Å². The van der Waals surface area contributed by atoms with Crippen molar-refractivity contribution in [1.29, 1.82) is 0 Å². The first kappa shape index (κ1) is 36.8. The number of carbonyl (C=O) groups excluding carboxylic acids is 2. The summed E-state index contributed by atoms with van der Waals surface area (Å²) in [4.78, 5) is 26.8. The Morgan fingerprint density at radius 2 is 1.07 bits per heavy atom. The second kappa shape index (κ2) is 16.7. The van der Waals surface area contributed by atoms with Gasteiger partial charge in [0.25, 0.3) is 11.8 Å². The number of nitrogens with one attached hydrogen (secondary N) is 2. The van der Waals surface area contributed by atoms with E-state index in [0.29, 0.717) is 35.8 Å². The van der Waals surface area contributed by atoms with Crippen LogP contribution in [0.15, 0.2) is 140 Å². The van der Waals surface area contributed by atoms with E-state index in [0.717, 1.165) is 16.7 Å². The normalized spacial score (nSPS) is 21.2. The highest BCUT2D eigenvalue weighted by Gasteiger charge is 2.66. The zero-order valence-corrected chi connectivity index (χ0v) is 30.3. The van der Waals surface area contributed by atoms with Crippen LogP contribution in [0, 0.1) is 0 Å². The molecule has 2 heterocycles. The molecule has 0 saturated carbocycles. The Hall–Kier alpha value is -5.52. The minimum atomic E-state index is -1.22. The molecular formula is C44H44N2O8. The minimum Gasteiger partial charge on any atom is -0.489 e. The Morgan fingerprint density at radius 1 is 0.611 bits per heavy atom. The van der Waals surface area contributed by atoms with Gasteiger partial charge in [-0.2, -0.15) is 0 Å². The fourth-order valence-corrected chi connectivity index (χ4v) is 6.67. The number of fused-ring (bicyclic) bond motifs is 1. The molecule has 0 spiro atoms. The van der Waals surface area contributed by atoms with E-state index < -0.39 is 29.9 Å². The third-order valence-corrected chi connectivity index (χ3v) is 9.33. The van der Waals surface area contributed by atoms with Gasteiger partial charge in [0.2, 0.25) is 0 Å². The van der Waals surface area contributed by atoms with Gasteiger partial charge in [-0.05, 0) is 79.1 Å². The van der Waals surface area contributed by atoms with Crippen LogP contribution in [0.1, 0.15) is 51.3 Å². The molecule has 10 nitrogen and oxygen atoms in total. The maximum atomic E-state index is 13.5. The van der Waals surface area contributed by atoms with Gasteiger partial charge in [0.05, 0.1) is 13.2 Å². The van der Waals surface area contributed by atoms with Crippen molar-refractivity contribution in [2.24, 2.45) is 0 Å². The molecular weight excluding hydrogens is 684 g/mol. The molecule has 2 N–H and O–H groups in total. The number of ether oxygens (including phenoxy) is 6. The van der Waals surface area contributed by atoms with Gasteiger partial charge in [-0.15, -0.1) is 0 Å². The lowest BCUT2D eigenvalue weighted by Gasteiger charge is -2.33. The van der Waals surface area contributed by atoms with E-state index in [-0.39, 0.29) is 31.5 Å². The van der Waals surface area contributed by atoms with Crippen LogP contribution in [0.25, 0.3) is 0 Å². The summed E-state index contributed by atoms with van der Waals surface area (Å²) in [6, 6.07) is 43.4. The molecule has 278 valence electrons. The summed E-state index contributed by atoms with van der Waals surface area (Å²) in [6.07, 6.45) is -2.26. The van der Waals surface area contributed by atoms with Crippen molar-refractivity contribution >= 4 is 11.8 Å². The van der Waals surface area contributed by atoms with Crippen LogP contribution in [0.5, 0.6) is 11.5 Å². The van der Waals surface area contributed by atoms with Crippen molar-refractivity contribution in [1.82, 2.24) is 10.6 Å². The van der Waals surface area contributed by atoms with Gasteiger partial charge in [-0.25, -0.2) is 0 Å². The lowest BCUT2D eigenvalue weighted by atomic mass is 9.94. The predicted octanol–water partition coefficient (Wildman–Crippen LogP) is 6.84.